The molecule has 1 aromatic carbocycles. The van der Waals surface area contributed by atoms with Gasteiger partial charge in [0.25, 0.3) is 5.91 Å². The number of hydrogen-bond donors (Lipinski definition) is 4. The smallest absolute Gasteiger partial charge is 0.420 e. The number of amides is 1. The minimum Gasteiger partial charge on any atom is -0.420 e. The zero-order chi connectivity index (χ0) is 22.9. The van der Waals surface area contributed by atoms with Crippen LogP contribution < -0.4 is 20.7 Å². The summed E-state index contributed by atoms with van der Waals surface area (Å²) in [4.78, 5) is 19.0. The number of rotatable bonds is 6. The molecule has 0 radical (unpaired) electrons. The van der Waals surface area contributed by atoms with E-state index in [2.05, 4.69) is 25.2 Å². The number of anilines is 2. The lowest BCUT2D eigenvalue weighted by Gasteiger charge is -2.20. The summed E-state index contributed by atoms with van der Waals surface area (Å²) in [7, 11) is 0. The third kappa shape index (κ3) is 4.96. The molecule has 1 aliphatic heterocycles. The van der Waals surface area contributed by atoms with Crippen LogP contribution in [0.1, 0.15) is 10.4 Å². The maximum Gasteiger partial charge on any atom is 0.487 e. The minimum absolute atomic E-state index is 0.151. The maximum absolute atomic E-state index is 12.8. The topological polar surface area (TPSA) is 129 Å². The second-order valence-electron chi connectivity index (χ2n) is 7.23. The third-order valence-electron chi connectivity index (χ3n) is 4.90. The summed E-state index contributed by atoms with van der Waals surface area (Å²) < 4.78 is 29.7. The van der Waals surface area contributed by atoms with Gasteiger partial charge in [-0.25, -0.2) is 4.98 Å². The molecule has 4 rings (SSSR count). The summed E-state index contributed by atoms with van der Waals surface area (Å²) in [5, 5.41) is 19.5. The Kier molecular flexibility index (Phi) is 5.96. The van der Waals surface area contributed by atoms with Crippen molar-refractivity contribution in [3.05, 3.63) is 54.4 Å². The Hall–Kier alpha value is -3.28. The van der Waals surface area contributed by atoms with E-state index in [9.17, 15) is 18.7 Å². The Morgan fingerprint density at radius 1 is 1.31 bits per heavy atom. The maximum atomic E-state index is 12.8. The van der Waals surface area contributed by atoms with E-state index in [0.29, 0.717) is 35.9 Å². The number of halogens is 3. The van der Waals surface area contributed by atoms with Crippen molar-refractivity contribution >= 4 is 29.0 Å². The summed E-state index contributed by atoms with van der Waals surface area (Å²) >= 11 is 4.74. The number of carbonyl (C=O) groups is 1. The van der Waals surface area contributed by atoms with Crippen molar-refractivity contribution in [3.8, 4) is 17.0 Å². The molecule has 0 saturated carbocycles. The number of aromatic nitrogens is 3. The predicted octanol–water partition coefficient (Wildman–Crippen LogP) is 2.40. The predicted molar refractivity (Wildman–Crippen MR) is 114 cm³/mol. The van der Waals surface area contributed by atoms with Crippen molar-refractivity contribution in [1.82, 2.24) is 15.2 Å². The Morgan fingerprint density at radius 3 is 2.66 bits per heavy atom. The molecule has 5 N–H and O–H groups in total. The first-order chi connectivity index (χ1) is 15.2. The van der Waals surface area contributed by atoms with Crippen LogP contribution in [0.2, 0.25) is 0 Å². The first kappa shape index (κ1) is 21.9. The third-order valence-corrected chi connectivity index (χ3v) is 4.98. The zero-order valence-electron chi connectivity index (χ0n) is 16.5. The monoisotopic (exact) mass is 464 g/mol. The zero-order valence-corrected chi connectivity index (χ0v) is 17.3. The van der Waals surface area contributed by atoms with E-state index in [1.807, 2.05) is 4.90 Å². The van der Waals surface area contributed by atoms with Crippen LogP contribution in [0.15, 0.2) is 48.8 Å². The lowest BCUT2D eigenvalue weighted by molar-refractivity contribution is -0.0964. The SMILES string of the molecule is N[C@H]1CN(c2ncc(C(=O)Nc3ccc(OC(F)(F)Cl)cc3)cc2-c2ccn[nH]2)C[C@@H]1O. The van der Waals surface area contributed by atoms with Gasteiger partial charge in [-0.15, -0.1) is 8.78 Å². The van der Waals surface area contributed by atoms with Crippen LogP contribution >= 0.6 is 11.6 Å². The van der Waals surface area contributed by atoms with Crippen LogP contribution in [0, 0.1) is 0 Å². The van der Waals surface area contributed by atoms with E-state index < -0.39 is 23.6 Å². The number of ether oxygens (including phenoxy) is 1. The van der Waals surface area contributed by atoms with Gasteiger partial charge >= 0.3 is 5.57 Å². The second-order valence-corrected chi connectivity index (χ2v) is 7.67. The summed E-state index contributed by atoms with van der Waals surface area (Å²) in [6.45, 7) is 0.729. The first-order valence-corrected chi connectivity index (χ1v) is 9.93. The quantitative estimate of drug-likeness (QED) is 0.412. The normalized spacial score (nSPS) is 18.6. The van der Waals surface area contributed by atoms with E-state index in [4.69, 9.17) is 17.3 Å². The second kappa shape index (κ2) is 8.69. The number of pyridine rings is 1. The van der Waals surface area contributed by atoms with Gasteiger partial charge in [0.2, 0.25) is 0 Å². The fraction of sp³-hybridized carbons (Fsp3) is 0.250. The fourth-order valence-electron chi connectivity index (χ4n) is 3.37. The van der Waals surface area contributed by atoms with Gasteiger partial charge in [0, 0.05) is 54.4 Å². The van der Waals surface area contributed by atoms with Crippen LogP contribution in [0.25, 0.3) is 11.3 Å². The summed E-state index contributed by atoms with van der Waals surface area (Å²) in [6, 6.07) is 8.30. The average molecular weight is 465 g/mol. The number of β-amino-alcohol motifs (C(OH)–C–C–N with tert-alkyl or cyclic N) is 1. The molecule has 168 valence electrons. The van der Waals surface area contributed by atoms with Gasteiger partial charge in [0.05, 0.1) is 17.4 Å². The highest BCUT2D eigenvalue weighted by molar-refractivity contribution is 6.20. The molecule has 0 spiro atoms. The molecule has 32 heavy (non-hydrogen) atoms. The molecule has 0 aliphatic carbocycles. The van der Waals surface area contributed by atoms with E-state index in [1.165, 1.54) is 30.5 Å². The number of aliphatic hydroxyl groups excluding tert-OH is 1. The fourth-order valence-corrected chi connectivity index (χ4v) is 3.45. The molecular formula is C20H19ClF2N6O3. The van der Waals surface area contributed by atoms with Gasteiger partial charge in [0.15, 0.2) is 0 Å². The Morgan fingerprint density at radius 2 is 2.06 bits per heavy atom. The van der Waals surface area contributed by atoms with Crippen LogP contribution in [0.3, 0.4) is 0 Å². The highest BCUT2D eigenvalue weighted by Crippen LogP contribution is 2.31. The number of aliphatic hydroxyl groups is 1. The van der Waals surface area contributed by atoms with Gasteiger partial charge < -0.3 is 25.8 Å². The molecule has 1 saturated heterocycles. The molecular weight excluding hydrogens is 446 g/mol. The molecule has 2 aromatic heterocycles. The highest BCUT2D eigenvalue weighted by atomic mass is 35.5. The van der Waals surface area contributed by atoms with Crippen LogP contribution in [-0.2, 0) is 0 Å². The van der Waals surface area contributed by atoms with Crippen molar-refractivity contribution in [2.45, 2.75) is 17.7 Å². The number of hydrogen-bond acceptors (Lipinski definition) is 7. The summed E-state index contributed by atoms with van der Waals surface area (Å²) in [5.74, 6) is -0.0535. The average Bonchev–Trinajstić information content (AvgIpc) is 3.38. The molecule has 1 aliphatic rings. The lowest BCUT2D eigenvalue weighted by Crippen LogP contribution is -2.32. The highest BCUT2D eigenvalue weighted by Gasteiger charge is 2.31. The Labute approximate surface area is 186 Å². The first-order valence-electron chi connectivity index (χ1n) is 9.55. The molecule has 9 nitrogen and oxygen atoms in total. The molecule has 0 bridgehead atoms. The number of nitrogens with two attached hydrogens (primary N) is 1. The van der Waals surface area contributed by atoms with E-state index >= 15 is 0 Å². The molecule has 3 aromatic rings. The van der Waals surface area contributed by atoms with E-state index in [0.717, 1.165) is 0 Å². The van der Waals surface area contributed by atoms with Crippen molar-refractivity contribution in [2.75, 3.05) is 23.3 Å². The Balaban J connectivity index is 1.56. The number of H-pyrrole nitrogens is 1. The van der Waals surface area contributed by atoms with Crippen molar-refractivity contribution in [1.29, 1.82) is 0 Å². The van der Waals surface area contributed by atoms with Gasteiger partial charge in [-0.05, 0) is 36.4 Å². The van der Waals surface area contributed by atoms with Crippen LogP contribution in [-0.4, -0.2) is 57.0 Å². The molecule has 1 amide bonds. The van der Waals surface area contributed by atoms with E-state index in [1.54, 1.807) is 18.3 Å². The standard InChI is InChI=1S/C20H19ClF2N6O3/c21-20(22,23)32-13-3-1-12(2-4-13)27-19(31)11-7-14(16-5-6-26-28-16)18(25-8-11)29-9-15(24)17(30)10-29/h1-8,15,17,30H,9-10,24H2,(H,26,28)(H,27,31)/t15-,17-/m0/s1. The number of alkyl halides is 3. The molecule has 3 heterocycles. The number of benzene rings is 1. The molecule has 1 fully saturated rings. The van der Waals surface area contributed by atoms with Gasteiger partial charge in [0.1, 0.15) is 11.6 Å². The van der Waals surface area contributed by atoms with Crippen LogP contribution in [0.4, 0.5) is 20.3 Å². The van der Waals surface area contributed by atoms with Crippen LogP contribution in [0.5, 0.6) is 5.75 Å². The summed E-state index contributed by atoms with van der Waals surface area (Å²) in [6.07, 6.45) is 2.30. The number of nitrogens with one attached hydrogen (secondary N) is 2. The van der Waals surface area contributed by atoms with Crippen molar-refractivity contribution in [3.63, 3.8) is 0 Å². The lowest BCUT2D eigenvalue weighted by atomic mass is 10.1. The Bertz CT molecular complexity index is 1080. The molecule has 0 unspecified atom stereocenters. The number of aromatic amines is 1. The van der Waals surface area contributed by atoms with E-state index in [-0.39, 0.29) is 11.3 Å². The van der Waals surface area contributed by atoms with Gasteiger partial charge in [-0.1, -0.05) is 0 Å². The van der Waals surface area contributed by atoms with Crippen molar-refractivity contribution < 1.29 is 23.4 Å². The van der Waals surface area contributed by atoms with Crippen molar-refractivity contribution in [2.24, 2.45) is 5.73 Å². The van der Waals surface area contributed by atoms with Gasteiger partial charge in [-0.2, -0.15) is 5.10 Å². The largest absolute Gasteiger partial charge is 0.487 e. The number of nitrogens with zero attached hydrogens (tertiary/aromatic N) is 3. The van der Waals surface area contributed by atoms with Gasteiger partial charge in [-0.3, -0.25) is 9.89 Å². The minimum atomic E-state index is -3.82. The molecule has 2 atom stereocenters. The number of carbonyl (C=O) groups excluding carboxylic acids is 1. The molecule has 12 heteroatoms. The summed E-state index contributed by atoms with van der Waals surface area (Å²) in [5.41, 5.74) is 3.97.